The molecule has 0 aromatic heterocycles. The summed E-state index contributed by atoms with van der Waals surface area (Å²) in [6.07, 6.45) is 2.28. The largest absolute Gasteiger partial charge is 0.508 e. The van der Waals surface area contributed by atoms with Crippen molar-refractivity contribution >= 4 is 41.2 Å². The number of carbonyl (C=O) groups is 3. The van der Waals surface area contributed by atoms with Crippen molar-refractivity contribution in [3.8, 4) is 11.5 Å². The number of phenols is 1. The Kier molecular flexibility index (Phi) is 8.55. The van der Waals surface area contributed by atoms with Gasteiger partial charge in [-0.25, -0.2) is 4.79 Å². The van der Waals surface area contributed by atoms with Crippen LogP contribution in [-0.2, 0) is 19.1 Å². The first-order valence-electron chi connectivity index (χ1n) is 14.6. The zero-order chi connectivity index (χ0) is 30.8. The third-order valence-corrected chi connectivity index (χ3v) is 8.98. The second kappa shape index (κ2) is 12.7. The average Bonchev–Trinajstić information content (AvgIpc) is 3.57. The van der Waals surface area contributed by atoms with Crippen molar-refractivity contribution in [1.29, 1.82) is 0 Å². The van der Waals surface area contributed by atoms with Gasteiger partial charge in [-0.2, -0.15) is 4.90 Å². The van der Waals surface area contributed by atoms with E-state index in [4.69, 9.17) is 25.8 Å². The molecule has 44 heavy (non-hydrogen) atoms. The van der Waals surface area contributed by atoms with Crippen LogP contribution in [-0.4, -0.2) is 54.3 Å². The number of hydrogen-bond donors (Lipinski definition) is 1. The third kappa shape index (κ3) is 5.75. The minimum Gasteiger partial charge on any atom is -0.508 e. The topological polar surface area (TPSA) is 102 Å². The summed E-state index contributed by atoms with van der Waals surface area (Å²) in [5.41, 5.74) is 4.74. The van der Waals surface area contributed by atoms with Gasteiger partial charge in [0.1, 0.15) is 18.1 Å². The van der Waals surface area contributed by atoms with Gasteiger partial charge in [0.05, 0.1) is 36.7 Å². The molecular formula is C35H32ClNO7. The summed E-state index contributed by atoms with van der Waals surface area (Å²) in [7, 11) is 1.16. The highest BCUT2D eigenvalue weighted by Crippen LogP contribution is 2.50. The van der Waals surface area contributed by atoms with Crippen molar-refractivity contribution in [2.24, 2.45) is 17.8 Å². The molecule has 9 heteroatoms. The van der Waals surface area contributed by atoms with Gasteiger partial charge in [0, 0.05) is 5.92 Å². The summed E-state index contributed by atoms with van der Waals surface area (Å²) in [4.78, 5) is 39.8. The van der Waals surface area contributed by atoms with Gasteiger partial charge in [-0.3, -0.25) is 9.59 Å². The normalized spacial score (nSPS) is 23.0. The molecule has 4 atom stereocenters. The number of para-hydroxylation sites is 1. The van der Waals surface area contributed by atoms with Crippen LogP contribution in [0.25, 0.3) is 11.6 Å². The van der Waals surface area contributed by atoms with Gasteiger partial charge < -0.3 is 19.3 Å². The highest BCUT2D eigenvalue weighted by atomic mass is 35.5. The molecule has 0 saturated carbocycles. The van der Waals surface area contributed by atoms with E-state index >= 15 is 0 Å². The Morgan fingerprint density at radius 2 is 1.75 bits per heavy atom. The van der Waals surface area contributed by atoms with Gasteiger partial charge in [-0.1, -0.05) is 60.1 Å². The summed E-state index contributed by atoms with van der Waals surface area (Å²) >= 11 is 6.46. The Morgan fingerprint density at radius 1 is 1.02 bits per heavy atom. The van der Waals surface area contributed by atoms with Crippen LogP contribution in [0, 0.1) is 17.8 Å². The van der Waals surface area contributed by atoms with Crippen LogP contribution in [0.5, 0.6) is 11.5 Å². The van der Waals surface area contributed by atoms with E-state index < -0.39 is 29.7 Å². The summed E-state index contributed by atoms with van der Waals surface area (Å²) < 4.78 is 17.3. The number of ether oxygens (including phenoxy) is 3. The molecule has 8 nitrogen and oxygen atoms in total. The fourth-order valence-electron chi connectivity index (χ4n) is 6.62. The zero-order valence-corrected chi connectivity index (χ0v) is 24.9. The van der Waals surface area contributed by atoms with Crippen molar-refractivity contribution in [3.05, 3.63) is 106 Å². The van der Waals surface area contributed by atoms with Gasteiger partial charge in [-0.05, 0) is 83.5 Å². The first-order chi connectivity index (χ1) is 21.4. The predicted molar refractivity (Wildman–Crippen MR) is 165 cm³/mol. The fourth-order valence-corrected chi connectivity index (χ4v) is 6.85. The minimum atomic E-state index is -0.959. The Bertz CT molecular complexity index is 1640. The number of fused-ring (bicyclic) bond motifs is 3. The van der Waals surface area contributed by atoms with Gasteiger partial charge in [0.2, 0.25) is 11.8 Å². The molecule has 1 aliphatic carbocycles. The maximum atomic E-state index is 13.5. The molecule has 0 spiro atoms. The molecule has 2 heterocycles. The molecule has 3 aromatic rings. The van der Waals surface area contributed by atoms with Crippen molar-refractivity contribution in [2.75, 3.05) is 20.3 Å². The minimum absolute atomic E-state index is 0.0947. The number of methoxy groups -OCH3 is 1. The molecule has 2 aliphatic heterocycles. The highest BCUT2D eigenvalue weighted by Gasteiger charge is 2.59. The summed E-state index contributed by atoms with van der Waals surface area (Å²) in [5, 5.41) is 10.3. The first-order valence-corrected chi connectivity index (χ1v) is 14.9. The van der Waals surface area contributed by atoms with Crippen LogP contribution >= 0.6 is 11.6 Å². The van der Waals surface area contributed by atoms with Crippen LogP contribution in [0.15, 0.2) is 90.0 Å². The van der Waals surface area contributed by atoms with Crippen molar-refractivity contribution in [2.45, 2.75) is 25.4 Å². The lowest BCUT2D eigenvalue weighted by molar-refractivity contribution is -0.137. The van der Waals surface area contributed by atoms with Crippen molar-refractivity contribution in [3.63, 3.8) is 0 Å². The quantitative estimate of drug-likeness (QED) is 0.175. The van der Waals surface area contributed by atoms with Crippen molar-refractivity contribution in [1.82, 2.24) is 4.90 Å². The number of allylic oxidation sites excluding steroid dienone is 1. The highest BCUT2D eigenvalue weighted by molar-refractivity contribution is 6.32. The van der Waals surface area contributed by atoms with E-state index in [1.807, 2.05) is 66.7 Å². The Morgan fingerprint density at radius 3 is 2.45 bits per heavy atom. The van der Waals surface area contributed by atoms with Gasteiger partial charge in [-0.15, -0.1) is 0 Å². The van der Waals surface area contributed by atoms with E-state index in [-0.39, 0.29) is 31.0 Å². The van der Waals surface area contributed by atoms with Gasteiger partial charge in [0.25, 0.3) is 0 Å². The van der Waals surface area contributed by atoms with Crippen LogP contribution < -0.4 is 4.74 Å². The monoisotopic (exact) mass is 613 g/mol. The van der Waals surface area contributed by atoms with E-state index in [1.165, 1.54) is 6.07 Å². The van der Waals surface area contributed by atoms with Crippen molar-refractivity contribution < 1.29 is 33.7 Å². The lowest BCUT2D eigenvalue weighted by Gasteiger charge is -2.31. The van der Waals surface area contributed by atoms with E-state index in [9.17, 15) is 19.5 Å². The molecule has 3 amide bonds. The Balaban J connectivity index is 1.32. The molecule has 2 fully saturated rings. The number of amides is 3. The number of rotatable bonds is 8. The molecule has 2 saturated heterocycles. The van der Waals surface area contributed by atoms with E-state index in [1.54, 1.807) is 12.1 Å². The Labute approximate surface area is 260 Å². The molecule has 0 unspecified atom stereocenters. The SMILES string of the molecule is COC(=O)N1C(=O)[C@@H]2[C@@H](CC(COc3ccccc3)=C3[C@@H](CC/C(=C/c4ccc(O)cc4Cl)c4ccccc4)OC[C@@H]32)C1=O. The zero-order valence-electron chi connectivity index (χ0n) is 24.1. The number of likely N-dealkylation sites (tertiary alicyclic amines) is 1. The predicted octanol–water partition coefficient (Wildman–Crippen LogP) is 6.53. The second-order valence-corrected chi connectivity index (χ2v) is 11.6. The molecule has 6 rings (SSSR count). The first kappa shape index (κ1) is 29.7. The molecule has 3 aromatic carbocycles. The lowest BCUT2D eigenvalue weighted by atomic mass is 9.69. The second-order valence-electron chi connectivity index (χ2n) is 11.2. The molecule has 0 bridgehead atoms. The van der Waals surface area contributed by atoms with Crippen LogP contribution in [0.4, 0.5) is 4.79 Å². The molecule has 3 aliphatic rings. The summed E-state index contributed by atoms with van der Waals surface area (Å²) in [5.74, 6) is -2.00. The fraction of sp³-hybridized carbons (Fsp3) is 0.286. The third-order valence-electron chi connectivity index (χ3n) is 8.66. The summed E-state index contributed by atoms with van der Waals surface area (Å²) in [6.45, 7) is 0.501. The maximum Gasteiger partial charge on any atom is 0.423 e. The average molecular weight is 614 g/mol. The number of phenolic OH excluding ortho intramolecular Hbond substituents is 1. The van der Waals surface area contributed by atoms with Crippen LogP contribution in [0.3, 0.4) is 0 Å². The number of carbonyl (C=O) groups excluding carboxylic acids is 3. The number of hydrogen-bond acceptors (Lipinski definition) is 7. The molecule has 226 valence electrons. The summed E-state index contributed by atoms with van der Waals surface area (Å²) in [6, 6.07) is 24.3. The van der Waals surface area contributed by atoms with Crippen LogP contribution in [0.2, 0.25) is 5.02 Å². The number of halogens is 1. The Hall–Kier alpha value is -4.40. The van der Waals surface area contributed by atoms with E-state index in [2.05, 4.69) is 0 Å². The number of aromatic hydroxyl groups is 1. The van der Waals surface area contributed by atoms with Crippen LogP contribution in [0.1, 0.15) is 30.4 Å². The maximum absolute atomic E-state index is 13.5. The lowest BCUT2D eigenvalue weighted by Crippen LogP contribution is -2.38. The smallest absolute Gasteiger partial charge is 0.423 e. The van der Waals surface area contributed by atoms with E-state index in [0.717, 1.165) is 35.0 Å². The standard InChI is InChI=1S/C35H32ClNO7/c1-42-35(41)37-33(39)27-17-24(19-43-26-10-6-3-7-11-26)31-28(32(27)34(37)40)20-44-30(31)15-13-22(21-8-4-2-5-9-21)16-23-12-14-25(38)18-29(23)36/h2-12,14,16,18,27-28,30,32,38H,13,15,17,19-20H2,1H3/b22-16-/t27-,28+,30-,32-/m1/s1. The molecule has 1 N–H and O–H groups in total. The van der Waals surface area contributed by atoms with Gasteiger partial charge in [0.15, 0.2) is 0 Å². The van der Waals surface area contributed by atoms with E-state index in [0.29, 0.717) is 34.9 Å². The number of imide groups is 3. The number of benzene rings is 3. The number of nitrogens with zero attached hydrogens (tertiary/aromatic N) is 1. The molecular weight excluding hydrogens is 582 g/mol. The van der Waals surface area contributed by atoms with Gasteiger partial charge >= 0.3 is 6.09 Å². The molecule has 0 radical (unpaired) electrons.